The summed E-state index contributed by atoms with van der Waals surface area (Å²) in [6.45, 7) is 1.14. The molecule has 0 bridgehead atoms. The van der Waals surface area contributed by atoms with Crippen LogP contribution in [0, 0.1) is 0 Å². The van der Waals surface area contributed by atoms with Gasteiger partial charge in [0, 0.05) is 12.8 Å². The first-order valence-corrected chi connectivity index (χ1v) is 11.8. The molecule has 0 aliphatic rings. The number of amides is 4. The van der Waals surface area contributed by atoms with Crippen molar-refractivity contribution in [1.82, 2.24) is 16.0 Å². The van der Waals surface area contributed by atoms with Crippen LogP contribution in [0.3, 0.4) is 0 Å². The van der Waals surface area contributed by atoms with Crippen LogP contribution in [0.1, 0.15) is 39.0 Å². The van der Waals surface area contributed by atoms with Gasteiger partial charge in [-0.25, -0.2) is 4.79 Å². The number of carboxylic acids is 2. The van der Waals surface area contributed by atoms with E-state index in [0.29, 0.717) is 5.75 Å². The Labute approximate surface area is 200 Å². The number of aliphatic carboxylic acids is 2. The summed E-state index contributed by atoms with van der Waals surface area (Å²) in [5.41, 5.74) is 10.8. The van der Waals surface area contributed by atoms with Crippen molar-refractivity contribution in [3.8, 4) is 0 Å². The van der Waals surface area contributed by atoms with Crippen molar-refractivity contribution in [2.24, 2.45) is 11.5 Å². The van der Waals surface area contributed by atoms with E-state index in [0.717, 1.165) is 6.92 Å². The lowest BCUT2D eigenvalue weighted by Gasteiger charge is -2.25. The summed E-state index contributed by atoms with van der Waals surface area (Å²) in [4.78, 5) is 70.9. The summed E-state index contributed by atoms with van der Waals surface area (Å²) < 4.78 is 0. The quantitative estimate of drug-likeness (QED) is 0.0992. The highest BCUT2D eigenvalue weighted by atomic mass is 32.2. The summed E-state index contributed by atoms with van der Waals surface area (Å²) in [6, 6.07) is -5.41. The van der Waals surface area contributed by atoms with Gasteiger partial charge in [0.1, 0.15) is 12.1 Å². The van der Waals surface area contributed by atoms with Crippen molar-refractivity contribution in [2.75, 3.05) is 12.0 Å². The summed E-state index contributed by atoms with van der Waals surface area (Å²) >= 11 is 1.38. The number of rotatable bonds is 17. The maximum atomic E-state index is 12.8. The van der Waals surface area contributed by atoms with Gasteiger partial charge in [0.05, 0.1) is 12.1 Å². The van der Waals surface area contributed by atoms with E-state index in [1.54, 1.807) is 6.26 Å². The lowest BCUT2D eigenvalue weighted by molar-refractivity contribution is -0.145. The number of nitrogens with two attached hydrogens (primary N) is 2. The summed E-state index contributed by atoms with van der Waals surface area (Å²) in [5, 5.41) is 34.5. The van der Waals surface area contributed by atoms with Crippen LogP contribution < -0.4 is 27.4 Å². The van der Waals surface area contributed by atoms with Gasteiger partial charge >= 0.3 is 11.9 Å². The van der Waals surface area contributed by atoms with Crippen molar-refractivity contribution < 1.29 is 44.1 Å². The fourth-order valence-electron chi connectivity index (χ4n) is 2.66. The molecule has 4 amide bonds. The first kappa shape index (κ1) is 31.1. The Balaban J connectivity index is 5.49. The van der Waals surface area contributed by atoms with Gasteiger partial charge in [-0.05, 0) is 38.2 Å². The normalized spacial score (nSPS) is 15.2. The first-order valence-electron chi connectivity index (χ1n) is 10.4. The number of carboxylic acid groups (broad SMARTS) is 2. The van der Waals surface area contributed by atoms with Gasteiger partial charge in [-0.15, -0.1) is 0 Å². The van der Waals surface area contributed by atoms with Crippen LogP contribution in [0.5, 0.6) is 0 Å². The average molecular weight is 508 g/mol. The van der Waals surface area contributed by atoms with Crippen molar-refractivity contribution >= 4 is 47.3 Å². The number of hydrogen-bond donors (Lipinski definition) is 8. The Morgan fingerprint density at radius 1 is 0.853 bits per heavy atom. The van der Waals surface area contributed by atoms with Gasteiger partial charge in [-0.3, -0.25) is 24.0 Å². The average Bonchev–Trinajstić information content (AvgIpc) is 2.74. The Hall–Kier alpha value is -2.91. The predicted molar refractivity (Wildman–Crippen MR) is 121 cm³/mol. The molecule has 0 radical (unpaired) electrons. The van der Waals surface area contributed by atoms with E-state index in [9.17, 15) is 33.9 Å². The predicted octanol–water partition coefficient (Wildman–Crippen LogP) is -2.88. The van der Waals surface area contributed by atoms with E-state index >= 15 is 0 Å². The maximum Gasteiger partial charge on any atom is 0.328 e. The lowest BCUT2D eigenvalue weighted by atomic mass is 10.1. The number of aliphatic hydroxyl groups is 1. The molecular weight excluding hydrogens is 474 g/mol. The maximum absolute atomic E-state index is 12.8. The van der Waals surface area contributed by atoms with Crippen molar-refractivity contribution in [3.05, 3.63) is 0 Å². The summed E-state index contributed by atoms with van der Waals surface area (Å²) in [6.07, 6.45) is -0.641. The van der Waals surface area contributed by atoms with Crippen molar-refractivity contribution in [1.29, 1.82) is 0 Å². The minimum Gasteiger partial charge on any atom is -0.481 e. The van der Waals surface area contributed by atoms with Gasteiger partial charge in [0.2, 0.25) is 23.6 Å². The first-order chi connectivity index (χ1) is 15.8. The fourth-order valence-corrected chi connectivity index (χ4v) is 3.14. The third-order valence-electron chi connectivity index (χ3n) is 4.61. The molecule has 15 heteroatoms. The van der Waals surface area contributed by atoms with Crippen LogP contribution in [0.2, 0.25) is 0 Å². The molecule has 0 aliphatic heterocycles. The molecule has 0 aromatic heterocycles. The molecule has 34 heavy (non-hydrogen) atoms. The molecule has 0 aromatic rings. The molecule has 194 valence electrons. The highest BCUT2D eigenvalue weighted by Gasteiger charge is 2.32. The second-order valence-electron chi connectivity index (χ2n) is 7.51. The van der Waals surface area contributed by atoms with Crippen LogP contribution in [0.4, 0.5) is 0 Å². The van der Waals surface area contributed by atoms with Crippen LogP contribution in [-0.2, 0) is 28.8 Å². The van der Waals surface area contributed by atoms with Gasteiger partial charge in [-0.1, -0.05) is 0 Å². The smallest absolute Gasteiger partial charge is 0.328 e. The van der Waals surface area contributed by atoms with E-state index in [2.05, 4.69) is 16.0 Å². The molecule has 5 unspecified atom stereocenters. The van der Waals surface area contributed by atoms with Crippen LogP contribution in [-0.4, -0.2) is 93.2 Å². The molecule has 0 spiro atoms. The molecule has 0 saturated heterocycles. The van der Waals surface area contributed by atoms with Gasteiger partial charge in [-0.2, -0.15) is 11.8 Å². The Morgan fingerprint density at radius 2 is 1.38 bits per heavy atom. The van der Waals surface area contributed by atoms with Gasteiger partial charge in [0.25, 0.3) is 0 Å². The minimum absolute atomic E-state index is 0.0441. The molecule has 5 atom stereocenters. The lowest BCUT2D eigenvalue weighted by Crippen LogP contribution is -2.58. The zero-order chi connectivity index (χ0) is 26.4. The number of carbonyl (C=O) groups is 6. The van der Waals surface area contributed by atoms with Crippen molar-refractivity contribution in [2.45, 2.75) is 69.3 Å². The zero-order valence-electron chi connectivity index (χ0n) is 19.0. The number of nitrogens with one attached hydrogen (secondary N) is 3. The fraction of sp³-hybridized carbons (Fsp3) is 0.684. The molecule has 0 aliphatic carbocycles. The van der Waals surface area contributed by atoms with Crippen LogP contribution in [0.15, 0.2) is 0 Å². The van der Waals surface area contributed by atoms with Crippen molar-refractivity contribution in [3.63, 3.8) is 0 Å². The zero-order valence-corrected chi connectivity index (χ0v) is 19.8. The highest BCUT2D eigenvalue weighted by Crippen LogP contribution is 2.06. The van der Waals surface area contributed by atoms with E-state index < -0.39 is 72.3 Å². The second kappa shape index (κ2) is 15.8. The number of carbonyl (C=O) groups excluding carboxylic acids is 4. The van der Waals surface area contributed by atoms with Crippen LogP contribution in [0.25, 0.3) is 0 Å². The largest absolute Gasteiger partial charge is 0.481 e. The van der Waals surface area contributed by atoms with E-state index in [1.807, 2.05) is 0 Å². The molecule has 14 nitrogen and oxygen atoms in total. The number of primary amides is 1. The monoisotopic (exact) mass is 507 g/mol. The molecule has 0 fully saturated rings. The minimum atomic E-state index is -1.69. The molecule has 0 saturated carbocycles. The number of thioether (sulfide) groups is 1. The molecule has 0 aromatic carbocycles. The van der Waals surface area contributed by atoms with Gasteiger partial charge in [0.15, 0.2) is 6.04 Å². The molecule has 10 N–H and O–H groups in total. The molecule has 0 rings (SSSR count). The molecular formula is C19H33N5O9S. The van der Waals surface area contributed by atoms with E-state index in [1.165, 1.54) is 11.8 Å². The third-order valence-corrected chi connectivity index (χ3v) is 5.25. The summed E-state index contributed by atoms with van der Waals surface area (Å²) in [7, 11) is 0. The Bertz CT molecular complexity index is 750. The Kier molecular flexibility index (Phi) is 14.5. The van der Waals surface area contributed by atoms with E-state index in [4.69, 9.17) is 21.7 Å². The SMILES string of the molecule is CSCCC(NC(=O)C(N)CCC(N)=O)C(=O)NC(CCC(=O)O)C(=O)NC(C(=O)O)C(C)O. The van der Waals surface area contributed by atoms with E-state index in [-0.39, 0.29) is 25.7 Å². The number of aliphatic hydroxyl groups excluding tert-OH is 1. The van der Waals surface area contributed by atoms with Crippen LogP contribution >= 0.6 is 11.8 Å². The number of hydrogen-bond acceptors (Lipinski definition) is 9. The standard InChI is InChI=1S/C19H33N5O9S/c1-9(25)15(19(32)33)24-18(31)11(4-6-14(27)28)23-17(30)12(7-8-34-2)22-16(29)10(20)3-5-13(21)26/h9-12,15,25H,3-8,20H2,1-2H3,(H2,21,26)(H,22,29)(H,23,30)(H,24,31)(H,27,28)(H,32,33). The van der Waals surface area contributed by atoms with Gasteiger partial charge < -0.3 is 42.7 Å². The topological polar surface area (TPSA) is 251 Å². The third kappa shape index (κ3) is 12.4. The Morgan fingerprint density at radius 3 is 1.85 bits per heavy atom. The summed E-state index contributed by atoms with van der Waals surface area (Å²) in [5.74, 6) is -5.57. The second-order valence-corrected chi connectivity index (χ2v) is 8.50. The molecule has 0 heterocycles. The highest BCUT2D eigenvalue weighted by molar-refractivity contribution is 7.98.